The fourth-order valence-electron chi connectivity index (χ4n) is 5.08. The van der Waals surface area contributed by atoms with E-state index >= 15 is 4.39 Å². The van der Waals surface area contributed by atoms with Crippen molar-refractivity contribution in [2.45, 2.75) is 66.2 Å². The molecule has 2 N–H and O–H groups in total. The molecule has 11 nitrogen and oxygen atoms in total. The van der Waals surface area contributed by atoms with Crippen LogP contribution in [0.4, 0.5) is 26.5 Å². The summed E-state index contributed by atoms with van der Waals surface area (Å²) in [7, 11) is 1.49. The molecule has 4 heterocycles. The SMILES string of the molecule is COc1cc(-c2cc3cc(Nc4cc5n(n4)CC(=O)N(C(C)C)CC5)ncc3c(NC(=O)OC(C)(C)C)c2F)c(C)cn1. The molecular weight excluding hydrogens is 553 g/mol. The van der Waals surface area contributed by atoms with Crippen molar-refractivity contribution in [2.75, 3.05) is 24.3 Å². The molecule has 0 unspecified atom stereocenters. The lowest BCUT2D eigenvalue weighted by Crippen LogP contribution is -2.38. The van der Waals surface area contributed by atoms with E-state index in [1.165, 1.54) is 13.3 Å². The summed E-state index contributed by atoms with van der Waals surface area (Å²) in [6, 6.07) is 7.12. The van der Waals surface area contributed by atoms with E-state index in [2.05, 4.69) is 25.7 Å². The quantitative estimate of drug-likeness (QED) is 0.288. The first-order chi connectivity index (χ1) is 20.3. The normalized spacial score (nSPS) is 13.6. The van der Waals surface area contributed by atoms with Crippen LogP contribution in [0, 0.1) is 12.7 Å². The Morgan fingerprint density at radius 3 is 2.53 bits per heavy atom. The molecule has 3 aromatic heterocycles. The topological polar surface area (TPSA) is 124 Å². The number of benzene rings is 1. The third-order valence-corrected chi connectivity index (χ3v) is 7.12. The van der Waals surface area contributed by atoms with Crippen molar-refractivity contribution in [1.29, 1.82) is 0 Å². The predicted molar refractivity (Wildman–Crippen MR) is 162 cm³/mol. The van der Waals surface area contributed by atoms with Gasteiger partial charge in [0.25, 0.3) is 0 Å². The van der Waals surface area contributed by atoms with Crippen LogP contribution in [-0.4, -0.2) is 61.9 Å². The van der Waals surface area contributed by atoms with Crippen LogP contribution in [0.15, 0.2) is 36.7 Å². The van der Waals surface area contributed by atoms with Crippen molar-refractivity contribution in [3.63, 3.8) is 0 Å². The van der Waals surface area contributed by atoms with Gasteiger partial charge in [-0.25, -0.2) is 19.2 Å². The van der Waals surface area contributed by atoms with E-state index in [4.69, 9.17) is 9.47 Å². The van der Waals surface area contributed by atoms with Crippen LogP contribution >= 0.6 is 0 Å². The number of carbonyl (C=O) groups excluding carboxylic acids is 2. The Kier molecular flexibility index (Phi) is 7.96. The second kappa shape index (κ2) is 11.5. The first-order valence-corrected chi connectivity index (χ1v) is 14.1. The number of rotatable bonds is 6. The van der Waals surface area contributed by atoms with Crippen LogP contribution in [0.1, 0.15) is 45.9 Å². The molecule has 1 aliphatic heterocycles. The van der Waals surface area contributed by atoms with Crippen molar-refractivity contribution in [2.24, 2.45) is 0 Å². The molecule has 0 radical (unpaired) electrons. The Balaban J connectivity index is 1.54. The Hall–Kier alpha value is -4.74. The molecule has 0 fully saturated rings. The summed E-state index contributed by atoms with van der Waals surface area (Å²) in [5, 5.41) is 11.4. The lowest BCUT2D eigenvalue weighted by molar-refractivity contribution is -0.133. The maximum atomic E-state index is 16.2. The fraction of sp³-hybridized carbons (Fsp3) is 0.387. The summed E-state index contributed by atoms with van der Waals surface area (Å²) in [6.45, 7) is 11.8. The zero-order chi connectivity index (χ0) is 31.1. The number of aryl methyl sites for hydroxylation is 1. The van der Waals surface area contributed by atoms with Gasteiger partial charge in [0.15, 0.2) is 11.6 Å². The van der Waals surface area contributed by atoms with E-state index in [0.29, 0.717) is 46.8 Å². The molecule has 0 atom stereocenters. The molecule has 43 heavy (non-hydrogen) atoms. The van der Waals surface area contributed by atoms with E-state index in [-0.39, 0.29) is 29.7 Å². The summed E-state index contributed by atoms with van der Waals surface area (Å²) < 4.78 is 28.6. The average molecular weight is 590 g/mol. The highest BCUT2D eigenvalue weighted by Crippen LogP contribution is 2.38. The van der Waals surface area contributed by atoms with E-state index in [0.717, 1.165) is 11.3 Å². The highest BCUT2D eigenvalue weighted by atomic mass is 19.1. The number of hydrogen-bond acceptors (Lipinski definition) is 8. The first-order valence-electron chi connectivity index (χ1n) is 14.1. The minimum Gasteiger partial charge on any atom is -0.481 e. The van der Waals surface area contributed by atoms with Gasteiger partial charge in [-0.15, -0.1) is 0 Å². The molecule has 1 aliphatic rings. The smallest absolute Gasteiger partial charge is 0.412 e. The van der Waals surface area contributed by atoms with Crippen molar-refractivity contribution in [3.8, 4) is 17.0 Å². The molecule has 1 aromatic carbocycles. The number of hydrogen-bond donors (Lipinski definition) is 2. The average Bonchev–Trinajstić information content (AvgIpc) is 3.22. The van der Waals surface area contributed by atoms with Crippen molar-refractivity contribution in [1.82, 2.24) is 24.6 Å². The lowest BCUT2D eigenvalue weighted by Gasteiger charge is -2.24. The molecule has 0 aliphatic carbocycles. The number of pyridine rings is 2. The number of anilines is 3. The second-order valence-electron chi connectivity index (χ2n) is 11.8. The van der Waals surface area contributed by atoms with E-state index < -0.39 is 17.5 Å². The predicted octanol–water partition coefficient (Wildman–Crippen LogP) is 5.83. The maximum absolute atomic E-state index is 16.2. The number of nitrogens with one attached hydrogen (secondary N) is 2. The van der Waals surface area contributed by atoms with Gasteiger partial charge in [-0.3, -0.25) is 14.8 Å². The molecule has 0 spiro atoms. The van der Waals surface area contributed by atoms with Gasteiger partial charge in [-0.05, 0) is 70.2 Å². The molecule has 5 rings (SSSR count). The van der Waals surface area contributed by atoms with E-state index in [9.17, 15) is 9.59 Å². The van der Waals surface area contributed by atoms with Gasteiger partial charge in [0, 0.05) is 60.2 Å². The Bertz CT molecular complexity index is 1710. The van der Waals surface area contributed by atoms with E-state index in [1.54, 1.807) is 49.8 Å². The number of nitrogens with zero attached hydrogens (tertiary/aromatic N) is 5. The Morgan fingerprint density at radius 1 is 1.07 bits per heavy atom. The number of methoxy groups -OCH3 is 1. The third kappa shape index (κ3) is 6.37. The molecule has 0 bridgehead atoms. The lowest BCUT2D eigenvalue weighted by atomic mass is 9.97. The second-order valence-corrected chi connectivity index (χ2v) is 11.8. The number of carbonyl (C=O) groups is 2. The number of aromatic nitrogens is 4. The largest absolute Gasteiger partial charge is 0.481 e. The third-order valence-electron chi connectivity index (χ3n) is 7.12. The van der Waals surface area contributed by atoms with Crippen LogP contribution in [0.2, 0.25) is 0 Å². The van der Waals surface area contributed by atoms with Crippen molar-refractivity contribution >= 4 is 40.1 Å². The molecule has 2 amide bonds. The van der Waals surface area contributed by atoms with Crippen LogP contribution in [0.25, 0.3) is 21.9 Å². The fourth-order valence-corrected chi connectivity index (χ4v) is 5.08. The molecule has 4 aromatic rings. The highest BCUT2D eigenvalue weighted by molar-refractivity contribution is 6.04. The van der Waals surface area contributed by atoms with Crippen molar-refractivity contribution < 1.29 is 23.5 Å². The summed E-state index contributed by atoms with van der Waals surface area (Å²) in [5.41, 5.74) is 1.63. The monoisotopic (exact) mass is 589 g/mol. The molecule has 0 saturated carbocycles. The van der Waals surface area contributed by atoms with Gasteiger partial charge < -0.3 is 19.7 Å². The zero-order valence-corrected chi connectivity index (χ0v) is 25.4. The van der Waals surface area contributed by atoms with Crippen LogP contribution in [0.5, 0.6) is 5.88 Å². The van der Waals surface area contributed by atoms with Gasteiger partial charge in [-0.2, -0.15) is 5.10 Å². The maximum Gasteiger partial charge on any atom is 0.412 e. The molecule has 12 heteroatoms. The number of fused-ring (bicyclic) bond motifs is 2. The summed E-state index contributed by atoms with van der Waals surface area (Å²) >= 11 is 0. The number of amides is 2. The Labute approximate surface area is 249 Å². The summed E-state index contributed by atoms with van der Waals surface area (Å²) in [5.74, 6) is 0.705. The van der Waals surface area contributed by atoms with Gasteiger partial charge in [0.1, 0.15) is 18.0 Å². The van der Waals surface area contributed by atoms with Crippen LogP contribution < -0.4 is 15.4 Å². The Morgan fingerprint density at radius 2 is 1.84 bits per heavy atom. The van der Waals surface area contributed by atoms with Gasteiger partial charge in [-0.1, -0.05) is 0 Å². The standard InChI is InChI=1S/C31H36FN7O4/c1-17(2)38-9-8-20-12-25(37-39(20)16-27(38)40)35-24-11-19-10-22(21-13-26(42-7)34-14-18(21)3)28(32)29(23(19)15-33-24)36-30(41)43-31(4,5)6/h10-15,17H,8-9,16H2,1-7H3,(H,36,41)(H,33,35,37). The van der Waals surface area contributed by atoms with Gasteiger partial charge in [0.05, 0.1) is 12.8 Å². The van der Waals surface area contributed by atoms with Crippen LogP contribution in [0.3, 0.4) is 0 Å². The number of halogens is 1. The minimum atomic E-state index is -0.791. The van der Waals surface area contributed by atoms with Gasteiger partial charge in [0.2, 0.25) is 11.8 Å². The zero-order valence-electron chi connectivity index (χ0n) is 25.4. The minimum absolute atomic E-state index is 0.0230. The highest BCUT2D eigenvalue weighted by Gasteiger charge is 2.25. The summed E-state index contributed by atoms with van der Waals surface area (Å²) in [6.07, 6.45) is 2.98. The van der Waals surface area contributed by atoms with Crippen LogP contribution in [-0.2, 0) is 22.5 Å². The molecule has 226 valence electrons. The number of ether oxygens (including phenoxy) is 2. The van der Waals surface area contributed by atoms with E-state index in [1.807, 2.05) is 31.7 Å². The molecule has 0 saturated heterocycles. The molecular formula is C31H36FN7O4. The van der Waals surface area contributed by atoms with Gasteiger partial charge >= 0.3 is 6.09 Å². The van der Waals surface area contributed by atoms with Crippen molar-refractivity contribution in [3.05, 3.63) is 53.7 Å². The first kappa shape index (κ1) is 29.7. The summed E-state index contributed by atoms with van der Waals surface area (Å²) in [4.78, 5) is 36.0.